The third-order valence-electron chi connectivity index (χ3n) is 5.41. The van der Waals surface area contributed by atoms with E-state index in [1.54, 1.807) is 60.7 Å². The number of para-hydroxylation sites is 1. The Balaban J connectivity index is 1.90. The number of anilines is 1. The zero-order valence-corrected chi connectivity index (χ0v) is 18.9. The van der Waals surface area contributed by atoms with Gasteiger partial charge in [-0.3, -0.25) is 14.5 Å². The molecule has 1 unspecified atom stereocenters. The predicted molar refractivity (Wildman–Crippen MR) is 127 cm³/mol. The summed E-state index contributed by atoms with van der Waals surface area (Å²) in [6.45, 7) is 2.40. The van der Waals surface area contributed by atoms with Gasteiger partial charge in [0.2, 0.25) is 0 Å². The van der Waals surface area contributed by atoms with E-state index in [1.165, 1.54) is 18.1 Å². The second-order valence-corrected chi connectivity index (χ2v) is 7.76. The molecule has 1 aliphatic heterocycles. The Kier molecular flexibility index (Phi) is 6.38. The lowest BCUT2D eigenvalue weighted by molar-refractivity contribution is -0.132. The minimum atomic E-state index is -0.830. The topological polar surface area (TPSA) is 76.1 Å². The molecule has 4 rings (SSSR count). The van der Waals surface area contributed by atoms with Crippen LogP contribution >= 0.6 is 11.6 Å². The second kappa shape index (κ2) is 9.38. The number of Topliss-reactive ketones (excluding diaryl/α,β-unsaturated/α-hetero) is 1. The molecule has 0 saturated carbocycles. The molecule has 1 N–H and O–H groups in total. The summed E-state index contributed by atoms with van der Waals surface area (Å²) in [5.41, 5.74) is 1.49. The van der Waals surface area contributed by atoms with Crippen LogP contribution in [-0.2, 0) is 9.59 Å². The van der Waals surface area contributed by atoms with Crippen LogP contribution < -0.4 is 14.4 Å². The smallest absolute Gasteiger partial charge is 0.300 e. The van der Waals surface area contributed by atoms with E-state index < -0.39 is 17.7 Å². The van der Waals surface area contributed by atoms with Crippen molar-refractivity contribution in [3.8, 4) is 11.5 Å². The number of carbonyl (C=O) groups excluding carboxylic acids is 2. The van der Waals surface area contributed by atoms with Gasteiger partial charge >= 0.3 is 0 Å². The van der Waals surface area contributed by atoms with Gasteiger partial charge in [-0.05, 0) is 55.0 Å². The van der Waals surface area contributed by atoms with E-state index in [9.17, 15) is 14.7 Å². The molecule has 1 heterocycles. The van der Waals surface area contributed by atoms with Crippen molar-refractivity contribution in [1.82, 2.24) is 0 Å². The first-order chi connectivity index (χ1) is 16.0. The molecule has 168 valence electrons. The first kappa shape index (κ1) is 22.4. The molecule has 1 atom stereocenters. The fourth-order valence-electron chi connectivity index (χ4n) is 3.89. The summed E-state index contributed by atoms with van der Waals surface area (Å²) in [5.74, 6) is -0.709. The molecule has 3 aromatic rings. The predicted octanol–water partition coefficient (Wildman–Crippen LogP) is 5.37. The molecule has 6 nitrogen and oxygen atoms in total. The molecule has 0 radical (unpaired) electrons. The molecule has 0 bridgehead atoms. The molecular weight excluding hydrogens is 442 g/mol. The summed E-state index contributed by atoms with van der Waals surface area (Å²) in [7, 11) is 1.48. The first-order valence-corrected chi connectivity index (χ1v) is 10.8. The summed E-state index contributed by atoms with van der Waals surface area (Å²) in [6.07, 6.45) is 0. The van der Waals surface area contributed by atoms with E-state index in [2.05, 4.69) is 0 Å². The van der Waals surface area contributed by atoms with Gasteiger partial charge in [0.05, 0.1) is 30.4 Å². The molecule has 3 aromatic carbocycles. The van der Waals surface area contributed by atoms with Crippen LogP contribution in [0.15, 0.2) is 78.4 Å². The quantitative estimate of drug-likeness (QED) is 0.302. The normalized spacial score (nSPS) is 17.3. The fraction of sp³-hybridized carbons (Fsp3) is 0.154. The fourth-order valence-corrected chi connectivity index (χ4v) is 4.14. The van der Waals surface area contributed by atoms with Crippen molar-refractivity contribution in [2.45, 2.75) is 13.0 Å². The van der Waals surface area contributed by atoms with Crippen LogP contribution in [0.5, 0.6) is 11.5 Å². The lowest BCUT2D eigenvalue weighted by atomic mass is 9.95. The minimum absolute atomic E-state index is 0.0192. The number of amides is 1. The number of aliphatic hydroxyl groups excluding tert-OH is 1. The summed E-state index contributed by atoms with van der Waals surface area (Å²) >= 11 is 6.24. The highest BCUT2D eigenvalue weighted by molar-refractivity contribution is 6.51. The lowest BCUT2D eigenvalue weighted by Crippen LogP contribution is -2.29. The largest absolute Gasteiger partial charge is 0.507 e. The van der Waals surface area contributed by atoms with Crippen LogP contribution in [-0.4, -0.2) is 30.5 Å². The summed E-state index contributed by atoms with van der Waals surface area (Å²) in [6, 6.07) is 19.9. The standard InChI is InChI=1S/C26H22ClNO5/c1-3-33-19-12-9-16(10-13-19)23-22(24(29)17-11-14-21(32-2)20(27)15-17)25(30)26(31)28(23)18-7-5-4-6-8-18/h4-15,23,29H,3H2,1-2H3/b24-22-. The zero-order chi connectivity index (χ0) is 23.5. The van der Waals surface area contributed by atoms with Gasteiger partial charge in [0.15, 0.2) is 0 Å². The molecule has 1 saturated heterocycles. The van der Waals surface area contributed by atoms with E-state index in [0.29, 0.717) is 34.9 Å². The maximum atomic E-state index is 13.2. The van der Waals surface area contributed by atoms with Gasteiger partial charge in [0, 0.05) is 11.3 Å². The van der Waals surface area contributed by atoms with Crippen molar-refractivity contribution in [3.05, 3.63) is 94.5 Å². The van der Waals surface area contributed by atoms with E-state index in [0.717, 1.165) is 0 Å². The Bertz CT molecular complexity index is 1220. The minimum Gasteiger partial charge on any atom is -0.507 e. The number of halogens is 1. The van der Waals surface area contributed by atoms with Crippen molar-refractivity contribution in [1.29, 1.82) is 0 Å². The highest BCUT2D eigenvalue weighted by Crippen LogP contribution is 2.43. The summed E-state index contributed by atoms with van der Waals surface area (Å²) in [4.78, 5) is 27.7. The van der Waals surface area contributed by atoms with Gasteiger partial charge in [-0.25, -0.2) is 0 Å². The SMILES string of the molecule is CCOc1ccc(C2/C(=C(/O)c3ccc(OC)c(Cl)c3)C(=O)C(=O)N2c2ccccc2)cc1. The number of hydrogen-bond donors (Lipinski definition) is 1. The average Bonchev–Trinajstić information content (AvgIpc) is 3.10. The van der Waals surface area contributed by atoms with Gasteiger partial charge in [-0.2, -0.15) is 0 Å². The number of nitrogens with zero attached hydrogens (tertiary/aromatic N) is 1. The van der Waals surface area contributed by atoms with Crippen LogP contribution in [0.1, 0.15) is 24.1 Å². The Labute approximate surface area is 196 Å². The molecule has 0 spiro atoms. The number of ketones is 1. The van der Waals surface area contributed by atoms with Crippen LogP contribution in [0.4, 0.5) is 5.69 Å². The molecule has 1 amide bonds. The number of hydrogen-bond acceptors (Lipinski definition) is 5. The monoisotopic (exact) mass is 463 g/mol. The van der Waals surface area contributed by atoms with Crippen molar-refractivity contribution >= 4 is 34.7 Å². The van der Waals surface area contributed by atoms with E-state index in [4.69, 9.17) is 21.1 Å². The molecule has 33 heavy (non-hydrogen) atoms. The van der Waals surface area contributed by atoms with Crippen molar-refractivity contribution < 1.29 is 24.2 Å². The van der Waals surface area contributed by atoms with Crippen molar-refractivity contribution in [2.75, 3.05) is 18.6 Å². The highest BCUT2D eigenvalue weighted by Gasteiger charge is 2.46. The van der Waals surface area contributed by atoms with E-state index >= 15 is 0 Å². The number of methoxy groups -OCH3 is 1. The molecule has 0 aliphatic carbocycles. The molecule has 0 aromatic heterocycles. The van der Waals surface area contributed by atoms with Crippen LogP contribution in [0.3, 0.4) is 0 Å². The first-order valence-electron chi connectivity index (χ1n) is 10.4. The highest BCUT2D eigenvalue weighted by atomic mass is 35.5. The van der Waals surface area contributed by atoms with Gasteiger partial charge in [-0.15, -0.1) is 0 Å². The van der Waals surface area contributed by atoms with Crippen LogP contribution in [0, 0.1) is 0 Å². The number of benzene rings is 3. The Morgan fingerprint density at radius 1 is 1.03 bits per heavy atom. The van der Waals surface area contributed by atoms with Crippen molar-refractivity contribution in [2.24, 2.45) is 0 Å². The Hall–Kier alpha value is -3.77. The van der Waals surface area contributed by atoms with Crippen molar-refractivity contribution in [3.63, 3.8) is 0 Å². The maximum absolute atomic E-state index is 13.2. The number of aliphatic hydroxyl groups is 1. The van der Waals surface area contributed by atoms with Crippen LogP contribution in [0.2, 0.25) is 5.02 Å². The molecule has 1 fully saturated rings. The third kappa shape index (κ3) is 4.17. The zero-order valence-electron chi connectivity index (χ0n) is 18.1. The van der Waals surface area contributed by atoms with Gasteiger partial charge in [0.25, 0.3) is 11.7 Å². The maximum Gasteiger partial charge on any atom is 0.300 e. The Morgan fingerprint density at radius 3 is 2.33 bits per heavy atom. The number of carbonyl (C=O) groups is 2. The second-order valence-electron chi connectivity index (χ2n) is 7.36. The molecule has 1 aliphatic rings. The van der Waals surface area contributed by atoms with Crippen LogP contribution in [0.25, 0.3) is 5.76 Å². The van der Waals surface area contributed by atoms with Gasteiger partial charge in [-0.1, -0.05) is 41.9 Å². The molecular formula is C26H22ClNO5. The lowest BCUT2D eigenvalue weighted by Gasteiger charge is -2.25. The van der Waals surface area contributed by atoms with Gasteiger partial charge in [0.1, 0.15) is 17.3 Å². The number of rotatable bonds is 6. The van der Waals surface area contributed by atoms with E-state index in [1.807, 2.05) is 13.0 Å². The van der Waals surface area contributed by atoms with E-state index in [-0.39, 0.29) is 16.4 Å². The number of ether oxygens (including phenoxy) is 2. The van der Waals surface area contributed by atoms with Gasteiger partial charge < -0.3 is 14.6 Å². The summed E-state index contributed by atoms with van der Waals surface area (Å²) in [5, 5.41) is 11.5. The molecule has 7 heteroatoms. The Morgan fingerprint density at radius 2 is 1.73 bits per heavy atom. The summed E-state index contributed by atoms with van der Waals surface area (Å²) < 4.78 is 10.7. The third-order valence-corrected chi connectivity index (χ3v) is 5.71. The average molecular weight is 464 g/mol.